The third kappa shape index (κ3) is 3.76. The van der Waals surface area contributed by atoms with Crippen molar-refractivity contribution in [3.8, 4) is 17.2 Å². The number of amides is 1. The molecule has 25 heavy (non-hydrogen) atoms. The van der Waals surface area contributed by atoms with Gasteiger partial charge in [0.05, 0.1) is 7.11 Å². The third-order valence-electron chi connectivity index (χ3n) is 3.81. The number of anilines is 1. The van der Waals surface area contributed by atoms with Crippen LogP contribution in [0.1, 0.15) is 15.9 Å². The number of rotatable bonds is 5. The first-order valence-corrected chi connectivity index (χ1v) is 7.96. The predicted molar refractivity (Wildman–Crippen MR) is 93.7 cm³/mol. The maximum Gasteiger partial charge on any atom is 0.251 e. The molecule has 1 aromatic heterocycles. The van der Waals surface area contributed by atoms with E-state index in [9.17, 15) is 4.79 Å². The van der Waals surface area contributed by atoms with Gasteiger partial charge in [0.1, 0.15) is 19.0 Å². The Kier molecular flexibility index (Phi) is 4.92. The van der Waals surface area contributed by atoms with Gasteiger partial charge in [0.15, 0.2) is 11.5 Å². The molecule has 2 heterocycles. The molecule has 132 valence electrons. The molecule has 7 nitrogen and oxygen atoms in total. The fourth-order valence-corrected chi connectivity index (χ4v) is 2.50. The molecule has 1 aliphatic heterocycles. The maximum atomic E-state index is 12.5. The molecule has 0 spiro atoms. The molecule has 0 saturated carbocycles. The number of benzene rings is 1. The smallest absolute Gasteiger partial charge is 0.251 e. The first kappa shape index (κ1) is 16.9. The highest BCUT2D eigenvalue weighted by Gasteiger charge is 2.20. The Bertz CT molecular complexity index is 760. The van der Waals surface area contributed by atoms with Crippen LogP contribution in [0.3, 0.4) is 0 Å². The van der Waals surface area contributed by atoms with Gasteiger partial charge in [-0.3, -0.25) is 4.79 Å². The molecule has 0 unspecified atom stereocenters. The predicted octanol–water partition coefficient (Wildman–Crippen LogP) is 1.86. The topological polar surface area (TPSA) is 72.9 Å². The van der Waals surface area contributed by atoms with E-state index in [-0.39, 0.29) is 5.91 Å². The van der Waals surface area contributed by atoms with Gasteiger partial charge in [-0.25, -0.2) is 4.98 Å². The van der Waals surface area contributed by atoms with Gasteiger partial charge in [-0.1, -0.05) is 0 Å². The van der Waals surface area contributed by atoms with Crippen molar-refractivity contribution in [3.05, 3.63) is 41.6 Å². The molecule has 0 aliphatic carbocycles. The number of aromatic nitrogens is 1. The molecule has 2 aromatic rings. The fraction of sp³-hybridized carbons (Fsp3) is 0.333. The van der Waals surface area contributed by atoms with Crippen LogP contribution in [0.5, 0.6) is 17.2 Å². The number of fused-ring (bicyclic) bond motifs is 1. The summed E-state index contributed by atoms with van der Waals surface area (Å²) in [5.41, 5.74) is 1.43. The Morgan fingerprint density at radius 2 is 2.08 bits per heavy atom. The van der Waals surface area contributed by atoms with Crippen molar-refractivity contribution in [3.63, 3.8) is 0 Å². The lowest BCUT2D eigenvalue weighted by Gasteiger charge is -2.21. The van der Waals surface area contributed by atoms with E-state index in [1.807, 2.05) is 31.1 Å². The number of hydrogen-bond donors (Lipinski definition) is 1. The van der Waals surface area contributed by atoms with Crippen LogP contribution in [0.25, 0.3) is 0 Å². The average Bonchev–Trinajstić information content (AvgIpc) is 2.65. The molecule has 0 radical (unpaired) electrons. The molecule has 1 N–H and O–H groups in total. The van der Waals surface area contributed by atoms with Crippen LogP contribution in [0.2, 0.25) is 0 Å². The summed E-state index contributed by atoms with van der Waals surface area (Å²) in [6.07, 6.45) is 1.73. The van der Waals surface area contributed by atoms with E-state index in [1.165, 1.54) is 7.11 Å². The van der Waals surface area contributed by atoms with Crippen molar-refractivity contribution >= 4 is 11.7 Å². The zero-order valence-corrected chi connectivity index (χ0v) is 14.5. The van der Waals surface area contributed by atoms with E-state index in [2.05, 4.69) is 10.3 Å². The average molecular weight is 343 g/mol. The summed E-state index contributed by atoms with van der Waals surface area (Å²) >= 11 is 0. The summed E-state index contributed by atoms with van der Waals surface area (Å²) in [6.45, 7) is 1.32. The highest BCUT2D eigenvalue weighted by atomic mass is 16.6. The fourth-order valence-electron chi connectivity index (χ4n) is 2.50. The lowest BCUT2D eigenvalue weighted by Crippen LogP contribution is -2.24. The van der Waals surface area contributed by atoms with Crippen LogP contribution < -0.4 is 24.4 Å². The minimum atomic E-state index is -0.210. The van der Waals surface area contributed by atoms with Crippen molar-refractivity contribution in [1.82, 2.24) is 10.3 Å². The quantitative estimate of drug-likeness (QED) is 0.893. The summed E-state index contributed by atoms with van der Waals surface area (Å²) in [6, 6.07) is 7.13. The Labute approximate surface area is 146 Å². The van der Waals surface area contributed by atoms with Crippen LogP contribution in [0.4, 0.5) is 5.82 Å². The summed E-state index contributed by atoms with van der Waals surface area (Å²) in [4.78, 5) is 18.7. The Morgan fingerprint density at radius 1 is 1.28 bits per heavy atom. The van der Waals surface area contributed by atoms with Crippen LogP contribution in [-0.4, -0.2) is 45.3 Å². The molecule has 0 atom stereocenters. The van der Waals surface area contributed by atoms with Crippen molar-refractivity contribution in [1.29, 1.82) is 0 Å². The lowest BCUT2D eigenvalue weighted by atomic mass is 10.1. The van der Waals surface area contributed by atoms with E-state index in [0.717, 1.165) is 11.4 Å². The van der Waals surface area contributed by atoms with Gasteiger partial charge >= 0.3 is 0 Å². The molecule has 1 aromatic carbocycles. The van der Waals surface area contributed by atoms with Crippen LogP contribution >= 0.6 is 0 Å². The summed E-state index contributed by atoms with van der Waals surface area (Å²) in [5, 5.41) is 2.90. The normalized spacial score (nSPS) is 12.4. The van der Waals surface area contributed by atoms with Crippen LogP contribution in [0, 0.1) is 0 Å². The van der Waals surface area contributed by atoms with Crippen molar-refractivity contribution in [2.75, 3.05) is 39.3 Å². The third-order valence-corrected chi connectivity index (χ3v) is 3.81. The monoisotopic (exact) mass is 343 g/mol. The molecule has 7 heteroatoms. The van der Waals surface area contributed by atoms with Gasteiger partial charge in [-0.15, -0.1) is 0 Å². The van der Waals surface area contributed by atoms with E-state index in [4.69, 9.17) is 14.2 Å². The van der Waals surface area contributed by atoms with E-state index in [0.29, 0.717) is 42.6 Å². The molecule has 1 aliphatic rings. The number of nitrogens with zero attached hydrogens (tertiary/aromatic N) is 2. The summed E-state index contributed by atoms with van der Waals surface area (Å²) in [5.74, 6) is 2.18. The molecule has 1 amide bonds. The molecule has 0 fully saturated rings. The first-order chi connectivity index (χ1) is 12.1. The summed E-state index contributed by atoms with van der Waals surface area (Å²) in [7, 11) is 5.38. The minimum Gasteiger partial charge on any atom is -0.493 e. The number of pyridine rings is 1. The number of carbonyl (C=O) groups excluding carboxylic acids is 1. The molecular formula is C18H21N3O4. The largest absolute Gasteiger partial charge is 0.493 e. The number of nitrogens with one attached hydrogen (secondary N) is 1. The van der Waals surface area contributed by atoms with E-state index < -0.39 is 0 Å². The van der Waals surface area contributed by atoms with Gasteiger partial charge in [-0.2, -0.15) is 0 Å². The van der Waals surface area contributed by atoms with Gasteiger partial charge in [-0.05, 0) is 29.8 Å². The first-order valence-electron chi connectivity index (χ1n) is 7.96. The molecular weight excluding hydrogens is 322 g/mol. The molecule has 0 bridgehead atoms. The van der Waals surface area contributed by atoms with Gasteiger partial charge in [0.25, 0.3) is 5.91 Å². The van der Waals surface area contributed by atoms with Crippen molar-refractivity contribution < 1.29 is 19.0 Å². The highest BCUT2D eigenvalue weighted by Crippen LogP contribution is 2.40. The zero-order valence-electron chi connectivity index (χ0n) is 14.5. The molecule has 3 rings (SSSR count). The SMILES string of the molecule is COc1cc(C(=O)NCc2ccnc(N(C)C)c2)cc2c1OCCO2. The van der Waals surface area contributed by atoms with E-state index >= 15 is 0 Å². The number of methoxy groups -OCH3 is 1. The number of hydrogen-bond acceptors (Lipinski definition) is 6. The number of carbonyl (C=O) groups is 1. The lowest BCUT2D eigenvalue weighted by molar-refractivity contribution is 0.0949. The second kappa shape index (κ2) is 7.29. The van der Waals surface area contributed by atoms with Gasteiger partial charge in [0.2, 0.25) is 5.75 Å². The standard InChI is InChI=1S/C18H21N3O4/c1-21(2)16-8-12(4-5-19-16)11-20-18(22)13-9-14(23-3)17-15(10-13)24-6-7-25-17/h4-5,8-10H,6-7,11H2,1-3H3,(H,20,22). The van der Waals surface area contributed by atoms with Crippen LogP contribution in [0.15, 0.2) is 30.5 Å². The van der Waals surface area contributed by atoms with Crippen LogP contribution in [-0.2, 0) is 6.54 Å². The minimum absolute atomic E-state index is 0.210. The Balaban J connectivity index is 1.74. The second-order valence-corrected chi connectivity index (χ2v) is 5.80. The number of ether oxygens (including phenoxy) is 3. The highest BCUT2D eigenvalue weighted by molar-refractivity contribution is 5.95. The van der Waals surface area contributed by atoms with Crippen molar-refractivity contribution in [2.45, 2.75) is 6.54 Å². The van der Waals surface area contributed by atoms with Crippen molar-refractivity contribution in [2.24, 2.45) is 0 Å². The Morgan fingerprint density at radius 3 is 2.84 bits per heavy atom. The Hall–Kier alpha value is -2.96. The zero-order chi connectivity index (χ0) is 17.8. The van der Waals surface area contributed by atoms with E-state index in [1.54, 1.807) is 18.3 Å². The maximum absolute atomic E-state index is 12.5. The van der Waals surface area contributed by atoms with Gasteiger partial charge in [0, 0.05) is 32.4 Å². The van der Waals surface area contributed by atoms with Gasteiger partial charge < -0.3 is 24.4 Å². The summed E-state index contributed by atoms with van der Waals surface area (Å²) < 4.78 is 16.4. The second-order valence-electron chi connectivity index (χ2n) is 5.80. The molecule has 0 saturated heterocycles.